The molecule has 2 N–H and O–H groups in total. The van der Waals surface area contributed by atoms with Gasteiger partial charge in [-0.3, -0.25) is 4.79 Å². The molecule has 3 rings (SSSR count). The number of rotatable bonds is 8. The second kappa shape index (κ2) is 10.3. The van der Waals surface area contributed by atoms with Gasteiger partial charge in [-0.05, 0) is 50.7 Å². The SMILES string of the molecule is CCN1CCN(c2ccccc2NC(=O)c2ccc(OC)c(S(=O)(=O)NC(C)C)c2)CC1. The molecule has 1 aliphatic heterocycles. The van der Waals surface area contributed by atoms with Gasteiger partial charge in [-0.25, -0.2) is 13.1 Å². The van der Waals surface area contributed by atoms with Crippen molar-refractivity contribution in [1.29, 1.82) is 0 Å². The quantitative estimate of drug-likeness (QED) is 0.630. The Labute approximate surface area is 190 Å². The number of para-hydroxylation sites is 2. The lowest BCUT2D eigenvalue weighted by Crippen LogP contribution is -2.46. The highest BCUT2D eigenvalue weighted by molar-refractivity contribution is 7.89. The summed E-state index contributed by atoms with van der Waals surface area (Å²) < 4.78 is 33.2. The summed E-state index contributed by atoms with van der Waals surface area (Å²) in [6.07, 6.45) is 0. The van der Waals surface area contributed by atoms with Crippen LogP contribution in [0.4, 0.5) is 11.4 Å². The third-order valence-corrected chi connectivity index (χ3v) is 7.10. The second-order valence-corrected chi connectivity index (χ2v) is 9.72. The highest BCUT2D eigenvalue weighted by Gasteiger charge is 2.23. The van der Waals surface area contributed by atoms with Gasteiger partial charge >= 0.3 is 0 Å². The fraction of sp³-hybridized carbons (Fsp3) is 0.435. The molecule has 2 aromatic carbocycles. The molecule has 0 aromatic heterocycles. The molecule has 9 heteroatoms. The van der Waals surface area contributed by atoms with Gasteiger partial charge in [-0.1, -0.05) is 19.1 Å². The van der Waals surface area contributed by atoms with Gasteiger partial charge in [0, 0.05) is 37.8 Å². The van der Waals surface area contributed by atoms with Crippen LogP contribution in [0.15, 0.2) is 47.4 Å². The van der Waals surface area contributed by atoms with Crippen molar-refractivity contribution in [3.8, 4) is 5.75 Å². The number of nitrogens with zero attached hydrogens (tertiary/aromatic N) is 2. The van der Waals surface area contributed by atoms with E-state index in [1.165, 1.54) is 19.2 Å². The summed E-state index contributed by atoms with van der Waals surface area (Å²) in [5.74, 6) is -0.197. The minimum absolute atomic E-state index is 0.0645. The molecule has 0 saturated carbocycles. The molecule has 1 amide bonds. The highest BCUT2D eigenvalue weighted by atomic mass is 32.2. The number of benzene rings is 2. The Morgan fingerprint density at radius 3 is 2.41 bits per heavy atom. The van der Waals surface area contributed by atoms with Gasteiger partial charge in [0.1, 0.15) is 10.6 Å². The van der Waals surface area contributed by atoms with Crippen LogP contribution in [0, 0.1) is 0 Å². The van der Waals surface area contributed by atoms with E-state index < -0.39 is 10.0 Å². The minimum Gasteiger partial charge on any atom is -0.495 e. The average Bonchev–Trinajstić information content (AvgIpc) is 2.78. The first kappa shape index (κ1) is 24.0. The Balaban J connectivity index is 1.85. The van der Waals surface area contributed by atoms with Crippen LogP contribution in [-0.2, 0) is 10.0 Å². The Morgan fingerprint density at radius 2 is 1.78 bits per heavy atom. The number of amides is 1. The average molecular weight is 461 g/mol. The molecule has 0 radical (unpaired) electrons. The normalized spacial score (nSPS) is 15.1. The molecule has 0 spiro atoms. The van der Waals surface area contributed by atoms with Crippen molar-refractivity contribution in [3.63, 3.8) is 0 Å². The monoisotopic (exact) mass is 460 g/mol. The first-order valence-electron chi connectivity index (χ1n) is 10.8. The molecule has 174 valence electrons. The predicted octanol–water partition coefficient (Wildman–Crippen LogP) is 2.78. The summed E-state index contributed by atoms with van der Waals surface area (Å²) in [5, 5.41) is 2.96. The summed E-state index contributed by atoms with van der Waals surface area (Å²) in [6.45, 7) is 10.4. The fourth-order valence-electron chi connectivity index (χ4n) is 3.76. The molecular formula is C23H32N4O4S. The third-order valence-electron chi connectivity index (χ3n) is 5.42. The molecule has 1 fully saturated rings. The first-order chi connectivity index (χ1) is 15.2. The van der Waals surface area contributed by atoms with E-state index in [0.717, 1.165) is 38.4 Å². The summed E-state index contributed by atoms with van der Waals surface area (Å²) >= 11 is 0. The van der Waals surface area contributed by atoms with Gasteiger partial charge in [-0.15, -0.1) is 0 Å². The van der Waals surface area contributed by atoms with Crippen LogP contribution in [0.1, 0.15) is 31.1 Å². The molecular weight excluding hydrogens is 428 g/mol. The molecule has 8 nitrogen and oxygen atoms in total. The van der Waals surface area contributed by atoms with Crippen LogP contribution < -0.4 is 19.7 Å². The molecule has 32 heavy (non-hydrogen) atoms. The highest BCUT2D eigenvalue weighted by Crippen LogP contribution is 2.29. The number of carbonyl (C=O) groups is 1. The maximum absolute atomic E-state index is 13.1. The number of anilines is 2. The van der Waals surface area contributed by atoms with Crippen molar-refractivity contribution >= 4 is 27.3 Å². The minimum atomic E-state index is -3.83. The van der Waals surface area contributed by atoms with Crippen LogP contribution >= 0.6 is 0 Å². The van der Waals surface area contributed by atoms with Crippen LogP contribution in [0.25, 0.3) is 0 Å². The Kier molecular flexibility index (Phi) is 7.76. The van der Waals surface area contributed by atoms with E-state index >= 15 is 0 Å². The Morgan fingerprint density at radius 1 is 1.09 bits per heavy atom. The van der Waals surface area contributed by atoms with Crippen molar-refractivity contribution in [3.05, 3.63) is 48.0 Å². The summed E-state index contributed by atoms with van der Waals surface area (Å²) in [7, 11) is -2.43. The van der Waals surface area contributed by atoms with Crippen molar-refractivity contribution in [1.82, 2.24) is 9.62 Å². The van der Waals surface area contributed by atoms with E-state index in [-0.39, 0.29) is 28.2 Å². The smallest absolute Gasteiger partial charge is 0.255 e. The van der Waals surface area contributed by atoms with E-state index in [1.54, 1.807) is 19.9 Å². The third kappa shape index (κ3) is 5.59. The van der Waals surface area contributed by atoms with Crippen molar-refractivity contribution < 1.29 is 17.9 Å². The lowest BCUT2D eigenvalue weighted by molar-refractivity contribution is 0.102. The van der Waals surface area contributed by atoms with Crippen LogP contribution in [0.5, 0.6) is 5.75 Å². The molecule has 2 aromatic rings. The number of carbonyl (C=O) groups excluding carboxylic acids is 1. The number of ether oxygens (including phenoxy) is 1. The molecule has 1 aliphatic rings. The van der Waals surface area contributed by atoms with Gasteiger partial charge < -0.3 is 19.9 Å². The number of piperazine rings is 1. The first-order valence-corrected chi connectivity index (χ1v) is 12.3. The van der Waals surface area contributed by atoms with E-state index in [2.05, 4.69) is 26.8 Å². The second-order valence-electron chi connectivity index (χ2n) is 8.03. The predicted molar refractivity (Wildman–Crippen MR) is 127 cm³/mol. The van der Waals surface area contributed by atoms with E-state index in [4.69, 9.17) is 4.74 Å². The lowest BCUT2D eigenvalue weighted by atomic mass is 10.1. The summed E-state index contributed by atoms with van der Waals surface area (Å²) in [5.41, 5.74) is 1.89. The topological polar surface area (TPSA) is 91.0 Å². The van der Waals surface area contributed by atoms with Crippen molar-refractivity contribution in [2.24, 2.45) is 0 Å². The van der Waals surface area contributed by atoms with Crippen LogP contribution in [0.2, 0.25) is 0 Å². The standard InChI is InChI=1S/C23H32N4O4S/c1-5-26-12-14-27(15-13-26)20-9-7-6-8-19(20)24-23(28)18-10-11-21(31-4)22(16-18)32(29,30)25-17(2)3/h6-11,16-17,25H,5,12-15H2,1-4H3,(H,24,28). The zero-order valence-electron chi connectivity index (χ0n) is 19.1. The maximum Gasteiger partial charge on any atom is 0.255 e. The zero-order valence-corrected chi connectivity index (χ0v) is 19.9. The molecule has 0 atom stereocenters. The van der Waals surface area contributed by atoms with Gasteiger partial charge in [0.05, 0.1) is 18.5 Å². The van der Waals surface area contributed by atoms with Crippen LogP contribution in [-0.4, -0.2) is 65.1 Å². The van der Waals surface area contributed by atoms with Gasteiger partial charge in [0.15, 0.2) is 0 Å². The lowest BCUT2D eigenvalue weighted by Gasteiger charge is -2.36. The van der Waals surface area contributed by atoms with Crippen LogP contribution in [0.3, 0.4) is 0 Å². The number of methoxy groups -OCH3 is 1. The van der Waals surface area contributed by atoms with Gasteiger partial charge in [0.2, 0.25) is 10.0 Å². The molecule has 1 saturated heterocycles. The summed E-state index contributed by atoms with van der Waals surface area (Å²) in [6, 6.07) is 11.8. The molecule has 0 bridgehead atoms. The molecule has 1 heterocycles. The number of likely N-dealkylation sites (N-methyl/N-ethyl adjacent to an activating group) is 1. The largest absolute Gasteiger partial charge is 0.495 e. The Bertz CT molecular complexity index is 1050. The van der Waals surface area contributed by atoms with E-state index in [1.807, 2.05) is 24.3 Å². The van der Waals surface area contributed by atoms with Gasteiger partial charge in [-0.2, -0.15) is 0 Å². The number of nitrogens with one attached hydrogen (secondary N) is 2. The zero-order chi connectivity index (χ0) is 23.3. The number of hydrogen-bond donors (Lipinski definition) is 2. The van der Waals surface area contributed by atoms with E-state index in [0.29, 0.717) is 5.69 Å². The van der Waals surface area contributed by atoms with Crippen molar-refractivity contribution in [2.45, 2.75) is 31.7 Å². The Hall–Kier alpha value is -2.62. The molecule has 0 unspecified atom stereocenters. The molecule has 0 aliphatic carbocycles. The van der Waals surface area contributed by atoms with Gasteiger partial charge in [0.25, 0.3) is 5.91 Å². The summed E-state index contributed by atoms with van der Waals surface area (Å²) in [4.78, 5) is 17.6. The maximum atomic E-state index is 13.1. The van der Waals surface area contributed by atoms with E-state index in [9.17, 15) is 13.2 Å². The number of hydrogen-bond acceptors (Lipinski definition) is 6. The van der Waals surface area contributed by atoms with Crippen molar-refractivity contribution in [2.75, 3.05) is 50.1 Å². The fourth-order valence-corrected chi connectivity index (χ4v) is 5.20. The number of sulfonamides is 1.